The molecule has 8 heteroatoms. The predicted octanol–water partition coefficient (Wildman–Crippen LogP) is 6.47. The van der Waals surface area contributed by atoms with Crippen LogP contribution in [-0.2, 0) is 9.53 Å². The van der Waals surface area contributed by atoms with Gasteiger partial charge in [0.2, 0.25) is 0 Å². The van der Waals surface area contributed by atoms with Crippen molar-refractivity contribution >= 4 is 61.8 Å². The lowest BCUT2D eigenvalue weighted by molar-refractivity contribution is -0.112. The molecule has 0 aliphatic rings. The molecular weight excluding hydrogens is 500 g/mol. The number of nitrogens with zero attached hydrogens (tertiary/aromatic N) is 1. The Bertz CT molecular complexity index is 1210. The van der Waals surface area contributed by atoms with E-state index in [2.05, 4.69) is 21.2 Å². The van der Waals surface area contributed by atoms with Gasteiger partial charge in [0.15, 0.2) is 0 Å². The number of hydrogen-bond acceptors (Lipinski definition) is 5. The third-order valence-electron chi connectivity index (χ3n) is 4.38. The average Bonchev–Trinajstić information content (AvgIpc) is 3.08. The Morgan fingerprint density at radius 1 is 1.16 bits per heavy atom. The van der Waals surface area contributed by atoms with Crippen LogP contribution in [0.4, 0.5) is 5.00 Å². The van der Waals surface area contributed by atoms with Gasteiger partial charge in [-0.05, 0) is 48.4 Å². The number of hydrogen-bond donors (Lipinski definition) is 1. The summed E-state index contributed by atoms with van der Waals surface area (Å²) in [6.07, 6.45) is 1.46. The van der Waals surface area contributed by atoms with E-state index in [0.717, 1.165) is 14.9 Å². The largest absolute Gasteiger partial charge is 0.465 e. The fourth-order valence-electron chi connectivity index (χ4n) is 2.94. The lowest BCUT2D eigenvalue weighted by atomic mass is 10.0. The number of nitrogens with one attached hydrogen (secondary N) is 1. The van der Waals surface area contributed by atoms with Crippen molar-refractivity contribution in [2.24, 2.45) is 0 Å². The zero-order valence-corrected chi connectivity index (χ0v) is 19.7. The van der Waals surface area contributed by atoms with E-state index in [0.29, 0.717) is 21.2 Å². The maximum atomic E-state index is 12.8. The van der Waals surface area contributed by atoms with Gasteiger partial charge in [-0.25, -0.2) is 4.79 Å². The van der Waals surface area contributed by atoms with E-state index in [1.807, 2.05) is 37.3 Å². The highest BCUT2D eigenvalue weighted by Crippen LogP contribution is 2.40. The molecule has 0 atom stereocenters. The lowest BCUT2D eigenvalue weighted by Gasteiger charge is -2.08. The Labute approximate surface area is 197 Å². The van der Waals surface area contributed by atoms with Crippen molar-refractivity contribution < 1.29 is 14.3 Å². The first-order chi connectivity index (χ1) is 14.8. The summed E-state index contributed by atoms with van der Waals surface area (Å²) in [4.78, 5) is 26.2. The lowest BCUT2D eigenvalue weighted by Crippen LogP contribution is -2.15. The molecule has 0 saturated heterocycles. The van der Waals surface area contributed by atoms with Crippen molar-refractivity contribution in [3.05, 3.63) is 79.6 Å². The van der Waals surface area contributed by atoms with Gasteiger partial charge in [0.25, 0.3) is 5.91 Å². The number of aryl methyl sites for hydroxylation is 1. The van der Waals surface area contributed by atoms with Crippen molar-refractivity contribution in [2.75, 3.05) is 12.4 Å². The third-order valence-corrected chi connectivity index (χ3v) is 6.18. The van der Waals surface area contributed by atoms with E-state index in [1.54, 1.807) is 24.3 Å². The van der Waals surface area contributed by atoms with Gasteiger partial charge in [0.05, 0.1) is 7.11 Å². The van der Waals surface area contributed by atoms with Crippen molar-refractivity contribution in [3.63, 3.8) is 0 Å². The van der Waals surface area contributed by atoms with Crippen LogP contribution in [0.2, 0.25) is 5.02 Å². The molecule has 0 bridgehead atoms. The second-order valence-electron chi connectivity index (χ2n) is 6.41. The molecule has 1 aromatic heterocycles. The van der Waals surface area contributed by atoms with Crippen LogP contribution in [0.3, 0.4) is 0 Å². The highest BCUT2D eigenvalue weighted by Gasteiger charge is 2.25. The monoisotopic (exact) mass is 514 g/mol. The zero-order chi connectivity index (χ0) is 22.5. The fourth-order valence-corrected chi connectivity index (χ4v) is 4.39. The van der Waals surface area contributed by atoms with Gasteiger partial charge >= 0.3 is 5.97 Å². The molecule has 3 rings (SSSR count). The van der Waals surface area contributed by atoms with Gasteiger partial charge in [-0.3, -0.25) is 4.79 Å². The summed E-state index contributed by atoms with van der Waals surface area (Å²) >= 11 is 10.5. The molecule has 0 aliphatic carbocycles. The first-order valence-electron chi connectivity index (χ1n) is 9.00. The second-order valence-corrected chi connectivity index (χ2v) is 8.99. The van der Waals surface area contributed by atoms with Gasteiger partial charge < -0.3 is 10.1 Å². The minimum absolute atomic E-state index is 0.102. The fraction of sp³-hybridized carbons (Fsp3) is 0.0870. The molecule has 1 heterocycles. The Balaban J connectivity index is 2.00. The number of amides is 1. The predicted molar refractivity (Wildman–Crippen MR) is 127 cm³/mol. The number of rotatable bonds is 5. The van der Waals surface area contributed by atoms with Crippen LogP contribution in [0.1, 0.15) is 20.8 Å². The maximum Gasteiger partial charge on any atom is 0.341 e. The van der Waals surface area contributed by atoms with E-state index >= 15 is 0 Å². The van der Waals surface area contributed by atoms with Crippen LogP contribution in [-0.4, -0.2) is 19.0 Å². The number of ether oxygens (including phenoxy) is 1. The summed E-state index contributed by atoms with van der Waals surface area (Å²) in [6.45, 7) is 1.86. The number of thiophene rings is 1. The molecule has 31 heavy (non-hydrogen) atoms. The Morgan fingerprint density at radius 2 is 1.81 bits per heavy atom. The first kappa shape index (κ1) is 22.8. The Morgan fingerprint density at radius 3 is 2.39 bits per heavy atom. The van der Waals surface area contributed by atoms with Crippen LogP contribution in [0.5, 0.6) is 0 Å². The molecule has 1 N–H and O–H groups in total. The summed E-state index contributed by atoms with van der Waals surface area (Å²) in [5.41, 5.74) is 2.30. The normalized spacial score (nSPS) is 11.0. The Hall–Kier alpha value is -2.92. The van der Waals surface area contributed by atoms with Gasteiger partial charge in [0, 0.05) is 19.9 Å². The molecule has 5 nitrogen and oxygen atoms in total. The van der Waals surface area contributed by atoms with E-state index in [-0.39, 0.29) is 11.1 Å². The molecule has 0 aliphatic heterocycles. The smallest absolute Gasteiger partial charge is 0.341 e. The van der Waals surface area contributed by atoms with Gasteiger partial charge in [-0.1, -0.05) is 51.8 Å². The Kier molecular flexibility index (Phi) is 7.29. The standard InChI is InChI=1S/C23H16BrClN2O3S/c1-13-19(15-5-7-17(24)8-6-15)20(23(29)30-2)22(31-13)27-21(28)16(12-26)11-14-3-9-18(25)10-4-14/h3-11H,1-2H3,(H,27,28)/b16-11+. The molecule has 2 aromatic carbocycles. The number of benzene rings is 2. The number of esters is 1. The zero-order valence-electron chi connectivity index (χ0n) is 16.5. The summed E-state index contributed by atoms with van der Waals surface area (Å²) in [6, 6.07) is 16.1. The number of nitriles is 1. The molecule has 0 saturated carbocycles. The average molecular weight is 516 g/mol. The van der Waals surface area contributed by atoms with E-state index in [1.165, 1.54) is 24.5 Å². The molecule has 3 aromatic rings. The van der Waals surface area contributed by atoms with E-state index in [9.17, 15) is 14.9 Å². The van der Waals surface area contributed by atoms with Gasteiger partial charge in [0.1, 0.15) is 22.2 Å². The highest BCUT2D eigenvalue weighted by molar-refractivity contribution is 9.10. The minimum Gasteiger partial charge on any atom is -0.465 e. The van der Waals surface area contributed by atoms with Crippen molar-refractivity contribution in [1.82, 2.24) is 0 Å². The number of halogens is 2. The van der Waals surface area contributed by atoms with Gasteiger partial charge in [-0.15, -0.1) is 11.3 Å². The van der Waals surface area contributed by atoms with Crippen LogP contribution in [0, 0.1) is 18.3 Å². The first-order valence-corrected chi connectivity index (χ1v) is 11.0. The summed E-state index contributed by atoms with van der Waals surface area (Å²) in [7, 11) is 1.29. The number of anilines is 1. The number of carbonyl (C=O) groups excluding carboxylic acids is 2. The summed E-state index contributed by atoms with van der Waals surface area (Å²) in [5.74, 6) is -1.19. The minimum atomic E-state index is -0.619. The van der Waals surface area contributed by atoms with Crippen molar-refractivity contribution in [3.8, 4) is 17.2 Å². The molecule has 156 valence electrons. The van der Waals surface area contributed by atoms with Crippen LogP contribution in [0.15, 0.2) is 58.6 Å². The summed E-state index contributed by atoms with van der Waals surface area (Å²) < 4.78 is 5.87. The van der Waals surface area contributed by atoms with Crippen LogP contribution in [0.25, 0.3) is 17.2 Å². The molecular formula is C23H16BrClN2O3S. The summed E-state index contributed by atoms with van der Waals surface area (Å²) in [5, 5.41) is 13.1. The number of carbonyl (C=O) groups is 2. The van der Waals surface area contributed by atoms with Crippen LogP contribution < -0.4 is 5.32 Å². The quantitative estimate of drug-likeness (QED) is 0.240. The SMILES string of the molecule is COC(=O)c1c(NC(=O)/C(C#N)=C/c2ccc(Cl)cc2)sc(C)c1-c1ccc(Br)cc1. The number of methoxy groups -OCH3 is 1. The molecule has 0 fully saturated rings. The molecule has 0 unspecified atom stereocenters. The van der Waals surface area contributed by atoms with Crippen molar-refractivity contribution in [1.29, 1.82) is 5.26 Å². The molecule has 0 spiro atoms. The van der Waals surface area contributed by atoms with E-state index in [4.69, 9.17) is 16.3 Å². The van der Waals surface area contributed by atoms with Gasteiger partial charge in [-0.2, -0.15) is 5.26 Å². The van der Waals surface area contributed by atoms with Crippen LogP contribution >= 0.6 is 38.9 Å². The topological polar surface area (TPSA) is 79.2 Å². The second kappa shape index (κ2) is 9.92. The molecule has 0 radical (unpaired) electrons. The molecule has 1 amide bonds. The maximum absolute atomic E-state index is 12.8. The highest BCUT2D eigenvalue weighted by atomic mass is 79.9. The van der Waals surface area contributed by atoms with E-state index < -0.39 is 11.9 Å². The third kappa shape index (κ3) is 5.23. The van der Waals surface area contributed by atoms with Crippen molar-refractivity contribution in [2.45, 2.75) is 6.92 Å².